The highest BCUT2D eigenvalue weighted by atomic mass is 16.2. The van der Waals surface area contributed by atoms with Gasteiger partial charge in [-0.05, 0) is 87.8 Å². The predicted octanol–water partition coefficient (Wildman–Crippen LogP) is 8.17. The Balaban J connectivity index is 0.000000989. The minimum Gasteiger partial charge on any atom is -0.321 e. The number of amides is 1. The third-order valence-electron chi connectivity index (χ3n) is 5.70. The van der Waals surface area contributed by atoms with Crippen LogP contribution in [-0.2, 0) is 4.79 Å². The Morgan fingerprint density at radius 3 is 2.38 bits per heavy atom. The van der Waals surface area contributed by atoms with Crippen molar-refractivity contribution in [3.05, 3.63) is 70.3 Å². The van der Waals surface area contributed by atoms with Crippen molar-refractivity contribution in [2.24, 2.45) is 0 Å². The van der Waals surface area contributed by atoms with Crippen LogP contribution >= 0.6 is 0 Å². The summed E-state index contributed by atoms with van der Waals surface area (Å²) in [6.45, 7) is 21.0. The summed E-state index contributed by atoms with van der Waals surface area (Å²) >= 11 is 0. The molecule has 0 atom stereocenters. The van der Waals surface area contributed by atoms with Gasteiger partial charge in [0.2, 0.25) is 0 Å². The molecule has 1 aliphatic carbocycles. The quantitative estimate of drug-likeness (QED) is 0.407. The lowest BCUT2D eigenvalue weighted by Gasteiger charge is -2.24. The molecule has 1 heterocycles. The lowest BCUT2D eigenvalue weighted by Crippen LogP contribution is -2.10. The molecule has 1 N–H and O–H groups in total. The first kappa shape index (κ1) is 24.7. The van der Waals surface area contributed by atoms with Crippen LogP contribution in [0.4, 0.5) is 5.69 Å². The van der Waals surface area contributed by atoms with Gasteiger partial charge >= 0.3 is 0 Å². The molecule has 0 radical (unpaired) electrons. The number of nitrogens with one attached hydrogen (secondary N) is 1. The van der Waals surface area contributed by atoms with E-state index in [1.165, 1.54) is 39.8 Å². The number of benzene rings is 1. The van der Waals surface area contributed by atoms with E-state index < -0.39 is 0 Å². The molecule has 1 aliphatic heterocycles. The molecule has 2 heteroatoms. The fourth-order valence-electron chi connectivity index (χ4n) is 4.18. The number of carbonyl (C=O) groups is 1. The van der Waals surface area contributed by atoms with Crippen molar-refractivity contribution in [3.8, 4) is 0 Å². The minimum absolute atomic E-state index is 0.0584. The minimum atomic E-state index is 0.0584. The van der Waals surface area contributed by atoms with Gasteiger partial charge < -0.3 is 5.32 Å². The Labute approximate surface area is 178 Å². The molecule has 3 rings (SSSR count). The highest BCUT2D eigenvalue weighted by Crippen LogP contribution is 2.42. The molecule has 2 nitrogen and oxygen atoms in total. The van der Waals surface area contributed by atoms with Gasteiger partial charge in [-0.2, -0.15) is 0 Å². The standard InChI is InChI=1S/C23H29NO.C2H6.C2H4/c1-6-8-15(3)16(4)18-9-7-10-19(17(18)5)22-20-13-14(2)11-12-21(20)24-23(22)25;2*1-2/h11-13H,6-10H2,1-5H3,(H,24,25);1-2H3;1-2H2/b16-15-,22-19-;;. The summed E-state index contributed by atoms with van der Waals surface area (Å²) in [7, 11) is 0. The third kappa shape index (κ3) is 5.38. The van der Waals surface area contributed by atoms with Crippen molar-refractivity contribution in [1.82, 2.24) is 0 Å². The number of anilines is 1. The molecule has 1 aromatic rings. The molecule has 0 spiro atoms. The van der Waals surface area contributed by atoms with Crippen LogP contribution in [0.25, 0.3) is 5.57 Å². The molecular weight excluding hydrogens is 354 g/mol. The SMILES string of the molecule is C=C.CC.CCC/C(C)=C(/C)C1=C(C)/C(=C2\C(=O)Nc3ccc(C)cc32)CCC1. The Morgan fingerprint density at radius 1 is 1.10 bits per heavy atom. The Kier molecular flexibility index (Phi) is 9.88. The first-order chi connectivity index (χ1) is 13.9. The molecule has 1 aromatic carbocycles. The summed E-state index contributed by atoms with van der Waals surface area (Å²) < 4.78 is 0. The third-order valence-corrected chi connectivity index (χ3v) is 5.70. The van der Waals surface area contributed by atoms with E-state index in [9.17, 15) is 4.79 Å². The molecule has 0 saturated heterocycles. The van der Waals surface area contributed by atoms with Gasteiger partial charge in [-0.3, -0.25) is 4.79 Å². The summed E-state index contributed by atoms with van der Waals surface area (Å²) in [6, 6.07) is 6.22. The van der Waals surface area contributed by atoms with E-state index in [0.717, 1.165) is 42.5 Å². The van der Waals surface area contributed by atoms with E-state index >= 15 is 0 Å². The molecule has 0 bridgehead atoms. The number of fused-ring (bicyclic) bond motifs is 1. The topological polar surface area (TPSA) is 29.1 Å². The van der Waals surface area contributed by atoms with Crippen LogP contribution in [0.1, 0.15) is 84.8 Å². The van der Waals surface area contributed by atoms with E-state index in [1.807, 2.05) is 19.9 Å². The number of carbonyl (C=O) groups excluding carboxylic acids is 1. The predicted molar refractivity (Wildman–Crippen MR) is 129 cm³/mol. The zero-order valence-corrected chi connectivity index (χ0v) is 19.6. The van der Waals surface area contributed by atoms with E-state index in [2.05, 4.69) is 65.2 Å². The van der Waals surface area contributed by atoms with Gasteiger partial charge in [0.05, 0.1) is 5.57 Å². The first-order valence-corrected chi connectivity index (χ1v) is 11.0. The average molecular weight is 394 g/mol. The molecule has 0 fully saturated rings. The number of rotatable bonds is 3. The van der Waals surface area contributed by atoms with Crippen LogP contribution in [0.2, 0.25) is 0 Å². The van der Waals surface area contributed by atoms with Crippen molar-refractivity contribution in [2.75, 3.05) is 5.32 Å². The lowest BCUT2D eigenvalue weighted by atomic mass is 9.80. The molecule has 0 unspecified atom stereocenters. The average Bonchev–Trinajstić information content (AvgIpc) is 3.06. The molecule has 0 saturated carbocycles. The molecular formula is C27H39NO. The van der Waals surface area contributed by atoms with E-state index in [-0.39, 0.29) is 5.91 Å². The van der Waals surface area contributed by atoms with Crippen molar-refractivity contribution in [2.45, 2.75) is 80.6 Å². The maximum atomic E-state index is 12.7. The summed E-state index contributed by atoms with van der Waals surface area (Å²) in [5, 5.41) is 3.05. The normalized spacial score (nSPS) is 18.7. The molecule has 1 amide bonds. The second-order valence-electron chi connectivity index (χ2n) is 7.47. The molecule has 158 valence electrons. The maximum Gasteiger partial charge on any atom is 0.256 e. The largest absolute Gasteiger partial charge is 0.321 e. The van der Waals surface area contributed by atoms with Gasteiger partial charge in [-0.25, -0.2) is 0 Å². The number of hydrogen-bond donors (Lipinski definition) is 1. The highest BCUT2D eigenvalue weighted by Gasteiger charge is 2.29. The van der Waals surface area contributed by atoms with Gasteiger partial charge in [-0.15, -0.1) is 13.2 Å². The lowest BCUT2D eigenvalue weighted by molar-refractivity contribution is -0.110. The van der Waals surface area contributed by atoms with Gasteiger partial charge in [-0.1, -0.05) is 44.4 Å². The number of allylic oxidation sites excluding steroid dienone is 5. The monoisotopic (exact) mass is 393 g/mol. The van der Waals surface area contributed by atoms with Gasteiger partial charge in [0.25, 0.3) is 5.91 Å². The van der Waals surface area contributed by atoms with E-state index in [4.69, 9.17) is 0 Å². The first-order valence-electron chi connectivity index (χ1n) is 11.0. The van der Waals surface area contributed by atoms with E-state index in [1.54, 1.807) is 0 Å². The zero-order valence-electron chi connectivity index (χ0n) is 19.6. The van der Waals surface area contributed by atoms with Crippen LogP contribution in [-0.4, -0.2) is 5.91 Å². The number of hydrogen-bond acceptors (Lipinski definition) is 1. The summed E-state index contributed by atoms with van der Waals surface area (Å²) in [4.78, 5) is 12.7. The zero-order chi connectivity index (χ0) is 22.1. The fourth-order valence-corrected chi connectivity index (χ4v) is 4.18. The summed E-state index contributed by atoms with van der Waals surface area (Å²) in [5.41, 5.74) is 11.0. The van der Waals surface area contributed by atoms with Crippen LogP contribution in [0.15, 0.2) is 59.2 Å². The Bertz CT molecular complexity index is 836. The Morgan fingerprint density at radius 2 is 1.76 bits per heavy atom. The van der Waals surface area contributed by atoms with Gasteiger partial charge in [0, 0.05) is 11.3 Å². The maximum absolute atomic E-state index is 12.7. The van der Waals surface area contributed by atoms with Crippen molar-refractivity contribution in [1.29, 1.82) is 0 Å². The van der Waals surface area contributed by atoms with Crippen LogP contribution in [0, 0.1) is 6.92 Å². The smallest absolute Gasteiger partial charge is 0.256 e. The van der Waals surface area contributed by atoms with Crippen LogP contribution in [0.5, 0.6) is 0 Å². The molecule has 29 heavy (non-hydrogen) atoms. The van der Waals surface area contributed by atoms with Gasteiger partial charge in [0.1, 0.15) is 0 Å². The van der Waals surface area contributed by atoms with Crippen molar-refractivity contribution < 1.29 is 4.79 Å². The summed E-state index contributed by atoms with van der Waals surface area (Å²) in [6.07, 6.45) is 5.57. The second-order valence-corrected chi connectivity index (χ2v) is 7.47. The highest BCUT2D eigenvalue weighted by molar-refractivity contribution is 6.32. The second kappa shape index (κ2) is 11.6. The van der Waals surface area contributed by atoms with Crippen molar-refractivity contribution >= 4 is 17.2 Å². The molecule has 0 aromatic heterocycles. The number of aryl methyl sites for hydroxylation is 1. The van der Waals surface area contributed by atoms with E-state index in [0.29, 0.717) is 0 Å². The van der Waals surface area contributed by atoms with Crippen LogP contribution in [0.3, 0.4) is 0 Å². The van der Waals surface area contributed by atoms with Crippen LogP contribution < -0.4 is 5.32 Å². The summed E-state index contributed by atoms with van der Waals surface area (Å²) in [5.74, 6) is 0.0584. The van der Waals surface area contributed by atoms with Crippen molar-refractivity contribution in [3.63, 3.8) is 0 Å². The molecule has 2 aliphatic rings. The Hall–Kier alpha value is -2.35. The fraction of sp³-hybridized carbons (Fsp3) is 0.444. The van der Waals surface area contributed by atoms with Gasteiger partial charge in [0.15, 0.2) is 0 Å².